The molecule has 2 N–H and O–H groups in total. The van der Waals surface area contributed by atoms with Gasteiger partial charge in [0, 0.05) is 47.9 Å². The summed E-state index contributed by atoms with van der Waals surface area (Å²) in [5.41, 5.74) is 3.11. The molecule has 0 bridgehead atoms. The number of hydrogen-bond donors (Lipinski definition) is 2. The predicted octanol–water partition coefficient (Wildman–Crippen LogP) is 4.20. The third kappa shape index (κ3) is 6.23. The van der Waals surface area contributed by atoms with Gasteiger partial charge in [-0.25, -0.2) is 0 Å². The molecule has 33 heavy (non-hydrogen) atoms. The summed E-state index contributed by atoms with van der Waals surface area (Å²) in [6, 6.07) is 11.4. The van der Waals surface area contributed by atoms with E-state index in [1.807, 2.05) is 56.0 Å². The van der Waals surface area contributed by atoms with Crippen molar-refractivity contribution in [3.63, 3.8) is 0 Å². The van der Waals surface area contributed by atoms with Crippen LogP contribution in [0.15, 0.2) is 40.9 Å². The molecule has 0 radical (unpaired) electrons. The number of halogens is 1. The fourth-order valence-corrected chi connectivity index (χ4v) is 4.59. The van der Waals surface area contributed by atoms with Crippen molar-refractivity contribution in [2.75, 3.05) is 43.5 Å². The van der Waals surface area contributed by atoms with Crippen LogP contribution in [0.3, 0.4) is 0 Å². The SMILES string of the molecule is COc1c(C)cc(Br)cc1C(=O)NC(=S)Nc1ccc(N2CCN(C(=O)C(C)C)CC2)cc1. The molecule has 1 fully saturated rings. The van der Waals surface area contributed by atoms with E-state index in [9.17, 15) is 9.59 Å². The number of piperazine rings is 1. The first kappa shape index (κ1) is 25.0. The molecule has 0 unspecified atom stereocenters. The van der Waals surface area contributed by atoms with E-state index in [0.717, 1.165) is 47.6 Å². The Hall–Kier alpha value is -2.65. The van der Waals surface area contributed by atoms with E-state index >= 15 is 0 Å². The van der Waals surface area contributed by atoms with E-state index in [0.29, 0.717) is 11.3 Å². The van der Waals surface area contributed by atoms with Crippen molar-refractivity contribution < 1.29 is 14.3 Å². The predicted molar refractivity (Wildman–Crippen MR) is 139 cm³/mol. The molecule has 1 heterocycles. The van der Waals surface area contributed by atoms with Gasteiger partial charge in [-0.15, -0.1) is 0 Å². The van der Waals surface area contributed by atoms with Crippen LogP contribution in [0.5, 0.6) is 5.75 Å². The Bertz CT molecular complexity index is 1030. The zero-order valence-electron chi connectivity index (χ0n) is 19.3. The van der Waals surface area contributed by atoms with Crippen molar-refractivity contribution in [1.29, 1.82) is 0 Å². The Morgan fingerprint density at radius 3 is 2.30 bits per heavy atom. The molecule has 9 heteroatoms. The van der Waals surface area contributed by atoms with E-state index in [4.69, 9.17) is 17.0 Å². The van der Waals surface area contributed by atoms with Crippen LogP contribution in [-0.4, -0.2) is 55.1 Å². The number of hydrogen-bond acceptors (Lipinski definition) is 5. The van der Waals surface area contributed by atoms with Gasteiger partial charge in [-0.3, -0.25) is 14.9 Å². The van der Waals surface area contributed by atoms with Crippen molar-refractivity contribution in [3.05, 3.63) is 52.0 Å². The Kier molecular flexibility index (Phi) is 8.31. The van der Waals surface area contributed by atoms with Gasteiger partial charge in [0.1, 0.15) is 5.75 Å². The summed E-state index contributed by atoms with van der Waals surface area (Å²) in [5, 5.41) is 5.96. The molecule has 0 aliphatic carbocycles. The standard InChI is InChI=1S/C24H29BrN4O3S/c1-15(2)23(31)29-11-9-28(10-12-29)19-7-5-18(6-8-19)26-24(33)27-22(30)20-14-17(25)13-16(3)21(20)32-4/h5-8,13-15H,9-12H2,1-4H3,(H2,26,27,30,33). The second kappa shape index (κ2) is 11.0. The molecule has 2 aromatic rings. The van der Waals surface area contributed by atoms with E-state index < -0.39 is 0 Å². The number of rotatable bonds is 5. The van der Waals surface area contributed by atoms with Gasteiger partial charge in [0.05, 0.1) is 12.7 Å². The normalized spacial score (nSPS) is 13.6. The maximum absolute atomic E-state index is 12.7. The van der Waals surface area contributed by atoms with E-state index in [-0.39, 0.29) is 22.8 Å². The minimum absolute atomic E-state index is 0.0276. The van der Waals surface area contributed by atoms with Crippen molar-refractivity contribution in [2.45, 2.75) is 20.8 Å². The van der Waals surface area contributed by atoms with Gasteiger partial charge in [0.25, 0.3) is 5.91 Å². The highest BCUT2D eigenvalue weighted by molar-refractivity contribution is 9.10. The molecule has 3 rings (SSSR count). The van der Waals surface area contributed by atoms with Crippen LogP contribution < -0.4 is 20.3 Å². The zero-order chi connectivity index (χ0) is 24.1. The average Bonchev–Trinajstić information content (AvgIpc) is 2.78. The van der Waals surface area contributed by atoms with Crippen LogP contribution in [-0.2, 0) is 4.79 Å². The van der Waals surface area contributed by atoms with Crippen molar-refractivity contribution >= 4 is 56.4 Å². The summed E-state index contributed by atoms with van der Waals surface area (Å²) in [7, 11) is 1.53. The molecular weight excluding hydrogens is 504 g/mol. The smallest absolute Gasteiger partial charge is 0.261 e. The highest BCUT2D eigenvalue weighted by atomic mass is 79.9. The number of anilines is 2. The summed E-state index contributed by atoms with van der Waals surface area (Å²) in [6.45, 7) is 8.80. The first-order valence-electron chi connectivity index (χ1n) is 10.8. The van der Waals surface area contributed by atoms with Crippen LogP contribution >= 0.6 is 28.1 Å². The van der Waals surface area contributed by atoms with Gasteiger partial charge < -0.3 is 19.9 Å². The van der Waals surface area contributed by atoms with Gasteiger partial charge in [-0.1, -0.05) is 29.8 Å². The maximum atomic E-state index is 12.7. The van der Waals surface area contributed by atoms with Gasteiger partial charge in [-0.2, -0.15) is 0 Å². The first-order valence-corrected chi connectivity index (χ1v) is 12.0. The number of aryl methyl sites for hydroxylation is 1. The molecule has 2 aromatic carbocycles. The molecule has 1 aliphatic rings. The summed E-state index contributed by atoms with van der Waals surface area (Å²) in [4.78, 5) is 29.1. The molecule has 2 amide bonds. The second-order valence-electron chi connectivity index (χ2n) is 8.23. The number of nitrogens with zero attached hydrogens (tertiary/aromatic N) is 2. The van der Waals surface area contributed by atoms with E-state index in [2.05, 4.69) is 31.5 Å². The molecule has 0 aromatic heterocycles. The lowest BCUT2D eigenvalue weighted by atomic mass is 10.1. The van der Waals surface area contributed by atoms with Gasteiger partial charge in [0.15, 0.2) is 5.11 Å². The quantitative estimate of drug-likeness (QED) is 0.562. The molecule has 176 valence electrons. The monoisotopic (exact) mass is 532 g/mol. The molecule has 1 saturated heterocycles. The van der Waals surface area contributed by atoms with E-state index in [1.54, 1.807) is 6.07 Å². The number of thiocarbonyl (C=S) groups is 1. The number of carbonyl (C=O) groups is 2. The Labute approximate surface area is 208 Å². The third-order valence-corrected chi connectivity index (χ3v) is 6.15. The van der Waals surface area contributed by atoms with E-state index in [1.165, 1.54) is 7.11 Å². The zero-order valence-corrected chi connectivity index (χ0v) is 21.7. The topological polar surface area (TPSA) is 73.9 Å². The molecule has 1 aliphatic heterocycles. The summed E-state index contributed by atoms with van der Waals surface area (Å²) in [5.74, 6) is 0.400. The molecule has 7 nitrogen and oxygen atoms in total. The van der Waals surface area contributed by atoms with Crippen molar-refractivity contribution in [3.8, 4) is 5.75 Å². The molecule has 0 spiro atoms. The molecule has 0 saturated carbocycles. The van der Waals surface area contributed by atoms with Gasteiger partial charge in [0.2, 0.25) is 5.91 Å². The lowest BCUT2D eigenvalue weighted by Crippen LogP contribution is -2.49. The van der Waals surface area contributed by atoms with Crippen LogP contribution in [0.2, 0.25) is 0 Å². The second-order valence-corrected chi connectivity index (χ2v) is 9.55. The number of benzene rings is 2. The largest absolute Gasteiger partial charge is 0.496 e. The fourth-order valence-electron chi connectivity index (χ4n) is 3.81. The number of amides is 2. The van der Waals surface area contributed by atoms with Crippen molar-refractivity contribution in [1.82, 2.24) is 10.2 Å². The minimum atomic E-state index is -0.348. The van der Waals surface area contributed by atoms with Crippen LogP contribution in [0.1, 0.15) is 29.8 Å². The average molecular weight is 533 g/mol. The number of nitrogens with one attached hydrogen (secondary N) is 2. The lowest BCUT2D eigenvalue weighted by molar-refractivity contribution is -0.134. The lowest BCUT2D eigenvalue weighted by Gasteiger charge is -2.37. The molecule has 0 atom stereocenters. The maximum Gasteiger partial charge on any atom is 0.261 e. The summed E-state index contributed by atoms with van der Waals surface area (Å²) in [6.07, 6.45) is 0. The summed E-state index contributed by atoms with van der Waals surface area (Å²) >= 11 is 8.74. The fraction of sp³-hybridized carbons (Fsp3) is 0.375. The van der Waals surface area contributed by atoms with Crippen molar-refractivity contribution in [2.24, 2.45) is 5.92 Å². The Morgan fingerprint density at radius 1 is 1.09 bits per heavy atom. The number of ether oxygens (including phenoxy) is 1. The van der Waals surface area contributed by atoms with Gasteiger partial charge >= 0.3 is 0 Å². The third-order valence-electron chi connectivity index (χ3n) is 5.49. The summed E-state index contributed by atoms with van der Waals surface area (Å²) < 4.78 is 6.17. The molecular formula is C24H29BrN4O3S. The van der Waals surface area contributed by atoms with Crippen LogP contribution in [0.25, 0.3) is 0 Å². The van der Waals surface area contributed by atoms with Gasteiger partial charge in [-0.05, 0) is 61.1 Å². The minimum Gasteiger partial charge on any atom is -0.496 e. The Balaban J connectivity index is 1.57. The highest BCUT2D eigenvalue weighted by Gasteiger charge is 2.23. The first-order chi connectivity index (χ1) is 15.7. The van der Waals surface area contributed by atoms with Crippen LogP contribution in [0, 0.1) is 12.8 Å². The highest BCUT2D eigenvalue weighted by Crippen LogP contribution is 2.28. The number of methoxy groups -OCH3 is 1. The van der Waals surface area contributed by atoms with Crippen LogP contribution in [0.4, 0.5) is 11.4 Å². The number of carbonyl (C=O) groups excluding carboxylic acids is 2. The Morgan fingerprint density at radius 2 is 1.73 bits per heavy atom.